The van der Waals surface area contributed by atoms with Crippen LogP contribution in [0.25, 0.3) is 0 Å². The summed E-state index contributed by atoms with van der Waals surface area (Å²) in [6.45, 7) is -0.307. The Morgan fingerprint density at radius 2 is 1.74 bits per heavy atom. The van der Waals surface area contributed by atoms with Crippen LogP contribution >= 0.6 is 24.0 Å². The summed E-state index contributed by atoms with van der Waals surface area (Å²) in [7, 11) is 7.63. The minimum absolute atomic E-state index is 0. The van der Waals surface area contributed by atoms with Gasteiger partial charge in [-0.15, -0.1) is 24.0 Å². The molecule has 8 heteroatoms. The lowest BCUT2D eigenvalue weighted by Gasteiger charge is -2.22. The molecule has 0 heterocycles. The maximum absolute atomic E-state index is 12.4. The van der Waals surface area contributed by atoms with Crippen molar-refractivity contribution in [3.63, 3.8) is 0 Å². The third-order valence-corrected chi connectivity index (χ3v) is 2.73. The molecule has 1 aromatic rings. The molecule has 0 aliphatic carbocycles. The molecule has 5 nitrogen and oxygen atoms in total. The van der Waals surface area contributed by atoms with Crippen molar-refractivity contribution in [3.05, 3.63) is 23.8 Å². The second-order valence-electron chi connectivity index (χ2n) is 5.00. The summed E-state index contributed by atoms with van der Waals surface area (Å²) in [5.41, 5.74) is 0.853. The molecule has 0 unspecified atom stereocenters. The molecule has 0 aliphatic heterocycles. The summed E-state index contributed by atoms with van der Waals surface area (Å²) in [6.07, 6.45) is 0. The summed E-state index contributed by atoms with van der Waals surface area (Å²) in [6, 6.07) is 4.85. The predicted octanol–water partition coefficient (Wildman–Crippen LogP) is 3.28. The Labute approximate surface area is 153 Å². The van der Waals surface area contributed by atoms with Gasteiger partial charge in [0.1, 0.15) is 0 Å². The van der Waals surface area contributed by atoms with Crippen molar-refractivity contribution in [3.8, 4) is 11.5 Å². The Morgan fingerprint density at radius 3 is 2.22 bits per heavy atom. The average molecular weight is 443 g/mol. The van der Waals surface area contributed by atoms with Crippen LogP contribution in [0.15, 0.2) is 23.2 Å². The van der Waals surface area contributed by atoms with Gasteiger partial charge in [0.2, 0.25) is 0 Å². The average Bonchev–Trinajstić information content (AvgIpc) is 2.40. The number of rotatable bonds is 6. The summed E-state index contributed by atoms with van der Waals surface area (Å²) in [4.78, 5) is 8.31. The van der Waals surface area contributed by atoms with Crippen LogP contribution in [0.2, 0.25) is 0 Å². The van der Waals surface area contributed by atoms with Gasteiger partial charge in [0.25, 0.3) is 0 Å². The van der Waals surface area contributed by atoms with E-state index >= 15 is 0 Å². The highest BCUT2D eigenvalue weighted by Gasteiger charge is 2.12. The molecule has 1 aromatic carbocycles. The zero-order valence-electron chi connectivity index (χ0n) is 14.0. The van der Waals surface area contributed by atoms with E-state index in [1.54, 1.807) is 19.1 Å². The minimum atomic E-state index is -2.88. The molecule has 0 saturated heterocycles. The zero-order chi connectivity index (χ0) is 16.7. The van der Waals surface area contributed by atoms with Gasteiger partial charge >= 0.3 is 6.61 Å². The van der Waals surface area contributed by atoms with Crippen LogP contribution in [0.1, 0.15) is 12.5 Å². The first-order valence-corrected chi connectivity index (χ1v) is 6.94. The van der Waals surface area contributed by atoms with E-state index < -0.39 is 6.61 Å². The van der Waals surface area contributed by atoms with Crippen LogP contribution in [0.5, 0.6) is 11.5 Å². The summed E-state index contributed by atoms with van der Waals surface area (Å²) in [5, 5.41) is 0. The Hall–Kier alpha value is -1.32. The van der Waals surface area contributed by atoms with E-state index in [9.17, 15) is 8.78 Å². The van der Waals surface area contributed by atoms with Gasteiger partial charge in [-0.1, -0.05) is 6.07 Å². The fraction of sp³-hybridized carbons (Fsp3) is 0.533. The van der Waals surface area contributed by atoms with Gasteiger partial charge in [0.05, 0.1) is 13.2 Å². The number of aliphatic imine (C=N–C) groups is 1. The maximum Gasteiger partial charge on any atom is 0.387 e. The summed E-state index contributed by atoms with van der Waals surface area (Å²) in [5.74, 6) is 1.14. The van der Waals surface area contributed by atoms with Crippen molar-refractivity contribution in [2.75, 3.05) is 34.8 Å². The van der Waals surface area contributed by atoms with E-state index in [0.717, 1.165) is 11.5 Å². The molecule has 1 rings (SSSR count). The highest BCUT2D eigenvalue weighted by Crippen LogP contribution is 2.30. The van der Waals surface area contributed by atoms with E-state index in [2.05, 4.69) is 9.73 Å². The Morgan fingerprint density at radius 1 is 1.13 bits per heavy atom. The molecular weight excluding hydrogens is 419 g/mol. The molecule has 0 aromatic heterocycles. The fourth-order valence-corrected chi connectivity index (χ4v) is 1.96. The van der Waals surface area contributed by atoms with Crippen molar-refractivity contribution in [2.24, 2.45) is 4.99 Å². The normalized spacial score (nSPS) is 9.91. The predicted molar refractivity (Wildman–Crippen MR) is 98.2 cm³/mol. The van der Waals surface area contributed by atoms with Crippen molar-refractivity contribution in [2.45, 2.75) is 20.1 Å². The van der Waals surface area contributed by atoms with Gasteiger partial charge in [-0.2, -0.15) is 8.78 Å². The standard InChI is InChI=1S/C15H23F2N3O2.HI/c1-6-21-13-9-11(7-8-12(13)22-14(16)17)10-18-15(19(2)3)20(4)5;/h7-9,14H,6,10H2,1-5H3;1H. The molecule has 0 radical (unpaired) electrons. The molecule has 0 aliphatic rings. The molecule has 0 amide bonds. The van der Waals surface area contributed by atoms with E-state index in [-0.39, 0.29) is 29.7 Å². The third-order valence-electron chi connectivity index (χ3n) is 2.73. The van der Waals surface area contributed by atoms with Crippen LogP contribution < -0.4 is 9.47 Å². The second kappa shape index (κ2) is 10.5. The molecule has 132 valence electrons. The lowest BCUT2D eigenvalue weighted by molar-refractivity contribution is -0.0514. The molecule has 23 heavy (non-hydrogen) atoms. The molecule has 0 atom stereocenters. The van der Waals surface area contributed by atoms with Crippen LogP contribution in [-0.4, -0.2) is 57.2 Å². The molecular formula is C15H24F2IN3O2. The van der Waals surface area contributed by atoms with Gasteiger partial charge in [0.15, 0.2) is 17.5 Å². The molecule has 0 fully saturated rings. The van der Waals surface area contributed by atoms with Gasteiger partial charge in [-0.05, 0) is 24.6 Å². The van der Waals surface area contributed by atoms with E-state index in [4.69, 9.17) is 4.74 Å². The van der Waals surface area contributed by atoms with Crippen LogP contribution in [0.3, 0.4) is 0 Å². The minimum Gasteiger partial charge on any atom is -0.490 e. The van der Waals surface area contributed by atoms with E-state index in [1.165, 1.54) is 6.07 Å². The SMILES string of the molecule is CCOc1cc(CN=C(N(C)C)N(C)C)ccc1OC(F)F.I. The quantitative estimate of drug-likeness (QED) is 0.384. The molecule has 0 bridgehead atoms. The van der Waals surface area contributed by atoms with Gasteiger partial charge in [0, 0.05) is 28.2 Å². The number of hydrogen-bond donors (Lipinski definition) is 0. The Kier molecular flexibility index (Phi) is 9.85. The lowest BCUT2D eigenvalue weighted by Crippen LogP contribution is -2.35. The summed E-state index contributed by atoms with van der Waals surface area (Å²) < 4.78 is 34.5. The monoisotopic (exact) mass is 443 g/mol. The zero-order valence-corrected chi connectivity index (χ0v) is 16.4. The molecule has 0 saturated carbocycles. The van der Waals surface area contributed by atoms with Crippen LogP contribution in [0.4, 0.5) is 8.78 Å². The van der Waals surface area contributed by atoms with Crippen molar-refractivity contribution < 1.29 is 18.3 Å². The number of nitrogens with zero attached hydrogens (tertiary/aromatic N) is 3. The van der Waals surface area contributed by atoms with E-state index in [1.807, 2.05) is 38.0 Å². The third kappa shape index (κ3) is 7.19. The van der Waals surface area contributed by atoms with E-state index in [0.29, 0.717) is 18.9 Å². The number of alkyl halides is 2. The first kappa shape index (κ1) is 21.7. The first-order valence-electron chi connectivity index (χ1n) is 6.94. The van der Waals surface area contributed by atoms with Crippen molar-refractivity contribution in [1.29, 1.82) is 0 Å². The smallest absolute Gasteiger partial charge is 0.387 e. The second-order valence-corrected chi connectivity index (χ2v) is 5.00. The molecule has 0 N–H and O–H groups in total. The first-order chi connectivity index (χ1) is 10.3. The van der Waals surface area contributed by atoms with Crippen molar-refractivity contribution in [1.82, 2.24) is 9.80 Å². The maximum atomic E-state index is 12.4. The number of halogens is 3. The fourth-order valence-electron chi connectivity index (χ4n) is 1.96. The van der Waals surface area contributed by atoms with Gasteiger partial charge in [-0.25, -0.2) is 4.99 Å². The molecule has 0 spiro atoms. The topological polar surface area (TPSA) is 37.3 Å². The Bertz CT molecular complexity index is 501. The highest BCUT2D eigenvalue weighted by atomic mass is 127. The Balaban J connectivity index is 0.00000484. The largest absolute Gasteiger partial charge is 0.490 e. The lowest BCUT2D eigenvalue weighted by atomic mass is 10.2. The van der Waals surface area contributed by atoms with Crippen molar-refractivity contribution >= 4 is 29.9 Å². The number of guanidine groups is 1. The summed E-state index contributed by atoms with van der Waals surface area (Å²) >= 11 is 0. The number of benzene rings is 1. The van der Waals surface area contributed by atoms with Crippen LogP contribution in [-0.2, 0) is 6.54 Å². The number of hydrogen-bond acceptors (Lipinski definition) is 3. The van der Waals surface area contributed by atoms with Gasteiger partial charge in [-0.3, -0.25) is 0 Å². The van der Waals surface area contributed by atoms with Crippen LogP contribution in [0, 0.1) is 0 Å². The highest BCUT2D eigenvalue weighted by molar-refractivity contribution is 14.0. The number of ether oxygens (including phenoxy) is 2. The van der Waals surface area contributed by atoms with Gasteiger partial charge < -0.3 is 19.3 Å².